The summed E-state index contributed by atoms with van der Waals surface area (Å²) in [6.45, 7) is 6.24. The van der Waals surface area contributed by atoms with Gasteiger partial charge >= 0.3 is 11.9 Å². The van der Waals surface area contributed by atoms with Crippen molar-refractivity contribution in [1.29, 1.82) is 0 Å². The quantitative estimate of drug-likeness (QED) is 0.0306. The average molecular weight is 659 g/mol. The van der Waals surface area contributed by atoms with Gasteiger partial charge in [0.05, 0.1) is 12.2 Å². The first-order chi connectivity index (χ1) is 22.7. The zero-order valence-corrected chi connectivity index (χ0v) is 29.6. The van der Waals surface area contributed by atoms with Crippen molar-refractivity contribution in [3.63, 3.8) is 0 Å². The van der Waals surface area contributed by atoms with E-state index in [4.69, 9.17) is 9.47 Å². The molecule has 0 heterocycles. The molecule has 0 unspecified atom stereocenters. The second kappa shape index (κ2) is 33.2. The Balaban J connectivity index is 3.76. The smallest absolute Gasteiger partial charge is 0.306 e. The van der Waals surface area contributed by atoms with Gasteiger partial charge in [-0.3, -0.25) is 9.59 Å². The summed E-state index contributed by atoms with van der Waals surface area (Å²) in [5, 5.41) is 29.8. The van der Waals surface area contributed by atoms with Crippen molar-refractivity contribution < 1.29 is 34.4 Å². The average Bonchev–Trinajstić information content (AvgIpc) is 3.04. The summed E-state index contributed by atoms with van der Waals surface area (Å²) in [6, 6.07) is 0. The maximum Gasteiger partial charge on any atom is 0.306 e. The largest absolute Gasteiger partial charge is 0.463 e. The van der Waals surface area contributed by atoms with Crippen molar-refractivity contribution in [2.45, 2.75) is 148 Å². The van der Waals surface area contributed by atoms with E-state index in [1.54, 1.807) is 24.3 Å². The molecule has 0 aromatic heterocycles. The fourth-order valence-electron chi connectivity index (χ4n) is 4.53. The Morgan fingerprint density at radius 3 is 1.64 bits per heavy atom. The molecule has 0 aromatic rings. The van der Waals surface area contributed by atoms with E-state index in [1.807, 2.05) is 48.6 Å². The third kappa shape index (κ3) is 34.4. The predicted molar refractivity (Wildman–Crippen MR) is 194 cm³/mol. The van der Waals surface area contributed by atoms with Gasteiger partial charge in [-0.1, -0.05) is 151 Å². The van der Waals surface area contributed by atoms with Crippen molar-refractivity contribution in [1.82, 2.24) is 0 Å². The number of hydrogen-bond donors (Lipinski definition) is 3. The molecule has 268 valence electrons. The van der Waals surface area contributed by atoms with Gasteiger partial charge in [-0.25, -0.2) is 0 Å². The van der Waals surface area contributed by atoms with E-state index in [-0.39, 0.29) is 25.6 Å². The number of esters is 2. The van der Waals surface area contributed by atoms with E-state index in [1.165, 1.54) is 44.9 Å². The summed E-state index contributed by atoms with van der Waals surface area (Å²) >= 11 is 0. The van der Waals surface area contributed by atoms with Gasteiger partial charge in [0, 0.05) is 12.8 Å². The van der Waals surface area contributed by atoms with Crippen molar-refractivity contribution in [3.05, 3.63) is 72.9 Å². The number of allylic oxidation sites excluding steroid dienone is 8. The van der Waals surface area contributed by atoms with Gasteiger partial charge < -0.3 is 24.8 Å². The zero-order valence-electron chi connectivity index (χ0n) is 29.6. The molecule has 0 aliphatic rings. The maximum absolute atomic E-state index is 11.9. The monoisotopic (exact) mass is 658 g/mol. The standard InChI is InChI=1S/C40H66O7/c1-4-5-19-27-36(41)29-22-17-18-23-30-37(42)28-21-14-11-12-16-25-32-40(45)47-34-38(43)33-46-39(44)31-24-15-10-8-6-7-9-13-20-26-35(2)3/h5,12,14,16-19,21-23,29-30,35-38,41-43H,4,6-11,13,15,20,24-28,31-34H2,1-3H3/b16-12-,18-17-,19-5-,21-14-,29-22+,30-23+/t36-,37+,38-/m1/s1. The van der Waals surface area contributed by atoms with Gasteiger partial charge in [0.15, 0.2) is 0 Å². The second-order valence-corrected chi connectivity index (χ2v) is 12.5. The number of ether oxygens (including phenoxy) is 2. The molecule has 0 aromatic carbocycles. The minimum Gasteiger partial charge on any atom is -0.463 e. The third-order valence-corrected chi connectivity index (χ3v) is 7.31. The van der Waals surface area contributed by atoms with Crippen LogP contribution < -0.4 is 0 Å². The Morgan fingerprint density at radius 1 is 0.596 bits per heavy atom. The lowest BCUT2D eigenvalue weighted by Crippen LogP contribution is -2.25. The number of carbonyl (C=O) groups excluding carboxylic acids is 2. The molecule has 0 aliphatic carbocycles. The van der Waals surface area contributed by atoms with E-state index in [2.05, 4.69) is 20.8 Å². The maximum atomic E-state index is 11.9. The Kier molecular flexibility index (Phi) is 31.2. The Bertz CT molecular complexity index is 929. The Hall–Kier alpha value is -2.74. The summed E-state index contributed by atoms with van der Waals surface area (Å²) in [6.07, 6.45) is 36.1. The van der Waals surface area contributed by atoms with Gasteiger partial charge in [0.2, 0.25) is 0 Å². The van der Waals surface area contributed by atoms with Crippen molar-refractivity contribution in [2.75, 3.05) is 13.2 Å². The van der Waals surface area contributed by atoms with Crippen LogP contribution in [0.4, 0.5) is 0 Å². The number of aliphatic hydroxyl groups excluding tert-OH is 3. The lowest BCUT2D eigenvalue weighted by molar-refractivity contribution is -0.152. The van der Waals surface area contributed by atoms with Crippen LogP contribution in [0.5, 0.6) is 0 Å². The predicted octanol–water partition coefficient (Wildman–Crippen LogP) is 8.80. The number of hydrogen-bond acceptors (Lipinski definition) is 7. The van der Waals surface area contributed by atoms with E-state index in [0.29, 0.717) is 32.1 Å². The number of unbranched alkanes of at least 4 members (excludes halogenated alkanes) is 8. The summed E-state index contributed by atoms with van der Waals surface area (Å²) in [4.78, 5) is 23.8. The summed E-state index contributed by atoms with van der Waals surface area (Å²) < 4.78 is 10.2. The van der Waals surface area contributed by atoms with Crippen LogP contribution in [0.3, 0.4) is 0 Å². The number of aliphatic hydroxyl groups is 3. The minimum absolute atomic E-state index is 0.171. The minimum atomic E-state index is -1.03. The molecular formula is C40H66O7. The van der Waals surface area contributed by atoms with Gasteiger partial charge in [0.25, 0.3) is 0 Å². The van der Waals surface area contributed by atoms with Crippen LogP contribution in [-0.2, 0) is 19.1 Å². The number of rotatable bonds is 30. The Labute approximate surface area is 286 Å². The Morgan fingerprint density at radius 2 is 1.09 bits per heavy atom. The molecule has 0 saturated heterocycles. The van der Waals surface area contributed by atoms with Crippen molar-refractivity contribution in [3.8, 4) is 0 Å². The van der Waals surface area contributed by atoms with Gasteiger partial charge in [0.1, 0.15) is 19.3 Å². The van der Waals surface area contributed by atoms with E-state index < -0.39 is 24.3 Å². The molecule has 3 N–H and O–H groups in total. The number of carbonyl (C=O) groups is 2. The summed E-state index contributed by atoms with van der Waals surface area (Å²) in [5.74, 6) is 0.0687. The lowest BCUT2D eigenvalue weighted by atomic mass is 10.0. The van der Waals surface area contributed by atoms with Gasteiger partial charge in [-0.2, -0.15) is 0 Å². The van der Waals surface area contributed by atoms with Crippen LogP contribution in [0.25, 0.3) is 0 Å². The highest BCUT2D eigenvalue weighted by Crippen LogP contribution is 2.13. The normalized spacial score (nSPS) is 14.5. The first kappa shape index (κ1) is 44.3. The van der Waals surface area contributed by atoms with Crippen molar-refractivity contribution in [2.24, 2.45) is 5.92 Å². The molecule has 3 atom stereocenters. The zero-order chi connectivity index (χ0) is 34.8. The molecule has 0 bridgehead atoms. The van der Waals surface area contributed by atoms with E-state index in [9.17, 15) is 24.9 Å². The van der Waals surface area contributed by atoms with Gasteiger partial charge in [-0.05, 0) is 44.4 Å². The molecule has 7 nitrogen and oxygen atoms in total. The van der Waals surface area contributed by atoms with Crippen LogP contribution in [0.15, 0.2) is 72.9 Å². The van der Waals surface area contributed by atoms with Crippen molar-refractivity contribution >= 4 is 11.9 Å². The van der Waals surface area contributed by atoms with Crippen LogP contribution >= 0.6 is 0 Å². The van der Waals surface area contributed by atoms with E-state index >= 15 is 0 Å². The molecule has 0 rings (SSSR count). The fraction of sp³-hybridized carbons (Fsp3) is 0.650. The summed E-state index contributed by atoms with van der Waals surface area (Å²) in [5.41, 5.74) is 0. The van der Waals surface area contributed by atoms with Crippen LogP contribution in [0, 0.1) is 5.92 Å². The third-order valence-electron chi connectivity index (χ3n) is 7.31. The molecule has 0 aliphatic heterocycles. The van der Waals surface area contributed by atoms with Crippen LogP contribution in [-0.4, -0.2) is 58.8 Å². The van der Waals surface area contributed by atoms with Crippen LogP contribution in [0.1, 0.15) is 130 Å². The molecular weight excluding hydrogens is 592 g/mol. The molecule has 0 amide bonds. The van der Waals surface area contributed by atoms with Crippen LogP contribution in [0.2, 0.25) is 0 Å². The van der Waals surface area contributed by atoms with Gasteiger partial charge in [-0.15, -0.1) is 0 Å². The lowest BCUT2D eigenvalue weighted by Gasteiger charge is -2.12. The topological polar surface area (TPSA) is 113 Å². The molecule has 0 radical (unpaired) electrons. The highest BCUT2D eigenvalue weighted by molar-refractivity contribution is 5.70. The first-order valence-corrected chi connectivity index (χ1v) is 18.1. The van der Waals surface area contributed by atoms with E-state index in [0.717, 1.165) is 31.6 Å². The second-order valence-electron chi connectivity index (χ2n) is 12.5. The molecule has 0 saturated carbocycles. The molecule has 0 spiro atoms. The molecule has 47 heavy (non-hydrogen) atoms. The molecule has 7 heteroatoms. The fourth-order valence-corrected chi connectivity index (χ4v) is 4.53. The SMILES string of the molecule is CC/C=C\C[C@@H](O)/C=C/C=C\C=C\[C@@H](O)C/C=C\C/C=C\CCC(=O)OC[C@H](O)COC(=O)CCCCCCCCCCCC(C)C. The highest BCUT2D eigenvalue weighted by Gasteiger charge is 2.11. The summed E-state index contributed by atoms with van der Waals surface area (Å²) in [7, 11) is 0. The highest BCUT2D eigenvalue weighted by atomic mass is 16.6. The molecule has 0 fully saturated rings. The first-order valence-electron chi connectivity index (χ1n) is 18.1.